The third-order valence-electron chi connectivity index (χ3n) is 4.34. The quantitative estimate of drug-likeness (QED) is 0.870. The van der Waals surface area contributed by atoms with E-state index in [-0.39, 0.29) is 6.04 Å². The maximum Gasteiger partial charge on any atom is 0.208 e. The molecular formula is C13H22N4O2S. The average molecular weight is 298 g/mol. The molecule has 7 heteroatoms. The summed E-state index contributed by atoms with van der Waals surface area (Å²) in [4.78, 5) is 2.53. The molecule has 3 rings (SSSR count). The van der Waals surface area contributed by atoms with Gasteiger partial charge < -0.3 is 0 Å². The first-order chi connectivity index (χ1) is 9.53. The number of hydrogen-bond donors (Lipinski definition) is 1. The third kappa shape index (κ3) is 3.05. The zero-order chi connectivity index (χ0) is 14.2. The molecule has 0 aromatic carbocycles. The molecule has 1 saturated carbocycles. The van der Waals surface area contributed by atoms with Crippen molar-refractivity contribution in [3.63, 3.8) is 0 Å². The maximum absolute atomic E-state index is 11.2. The highest BCUT2D eigenvalue weighted by Crippen LogP contribution is 2.31. The van der Waals surface area contributed by atoms with Gasteiger partial charge in [0.15, 0.2) is 0 Å². The Hall–Kier alpha value is -0.920. The molecule has 0 amide bonds. The van der Waals surface area contributed by atoms with Gasteiger partial charge >= 0.3 is 0 Å². The van der Waals surface area contributed by atoms with Gasteiger partial charge in [0, 0.05) is 31.9 Å². The Balaban J connectivity index is 1.66. The third-order valence-corrected chi connectivity index (χ3v) is 5.07. The van der Waals surface area contributed by atoms with Crippen molar-refractivity contribution in [2.75, 3.05) is 19.3 Å². The molecule has 20 heavy (non-hydrogen) atoms. The SMILES string of the molecule is CS(=O)(=O)NCC[C@@H]1CN(C2CCC2)Cc2ccnn21. The molecule has 1 atom stereocenters. The van der Waals surface area contributed by atoms with Gasteiger partial charge in [0.05, 0.1) is 18.0 Å². The van der Waals surface area contributed by atoms with E-state index in [1.54, 1.807) is 0 Å². The molecule has 1 fully saturated rings. The van der Waals surface area contributed by atoms with Crippen LogP contribution in [0.25, 0.3) is 0 Å². The second-order valence-electron chi connectivity index (χ2n) is 5.89. The Morgan fingerprint density at radius 3 is 2.90 bits per heavy atom. The lowest BCUT2D eigenvalue weighted by atomic mass is 9.90. The van der Waals surface area contributed by atoms with E-state index >= 15 is 0 Å². The Kier molecular flexibility index (Phi) is 3.83. The van der Waals surface area contributed by atoms with Gasteiger partial charge in [-0.2, -0.15) is 5.10 Å². The lowest BCUT2D eigenvalue weighted by molar-refractivity contribution is 0.0733. The van der Waals surface area contributed by atoms with Gasteiger partial charge in [-0.05, 0) is 25.3 Å². The predicted molar refractivity (Wildman–Crippen MR) is 76.8 cm³/mol. The first-order valence-corrected chi connectivity index (χ1v) is 9.13. The second-order valence-corrected chi connectivity index (χ2v) is 7.72. The van der Waals surface area contributed by atoms with Gasteiger partial charge in [0.25, 0.3) is 0 Å². The van der Waals surface area contributed by atoms with Gasteiger partial charge in [-0.3, -0.25) is 9.58 Å². The van der Waals surface area contributed by atoms with Crippen LogP contribution in [0, 0.1) is 0 Å². The Morgan fingerprint density at radius 1 is 1.45 bits per heavy atom. The number of aromatic nitrogens is 2. The Bertz CT molecular complexity index is 565. The molecule has 0 saturated heterocycles. The van der Waals surface area contributed by atoms with E-state index in [9.17, 15) is 8.42 Å². The van der Waals surface area contributed by atoms with Crippen LogP contribution in [-0.2, 0) is 16.6 Å². The molecule has 0 unspecified atom stereocenters. The van der Waals surface area contributed by atoms with E-state index < -0.39 is 10.0 Å². The molecule has 1 aliphatic heterocycles. The van der Waals surface area contributed by atoms with Crippen molar-refractivity contribution in [1.82, 2.24) is 19.4 Å². The molecule has 0 spiro atoms. The zero-order valence-electron chi connectivity index (χ0n) is 11.8. The van der Waals surface area contributed by atoms with Crippen LogP contribution < -0.4 is 4.72 Å². The second kappa shape index (κ2) is 5.46. The molecule has 0 radical (unpaired) electrons. The summed E-state index contributed by atoms with van der Waals surface area (Å²) in [6.45, 7) is 2.42. The fraction of sp³-hybridized carbons (Fsp3) is 0.769. The molecule has 1 aromatic rings. The summed E-state index contributed by atoms with van der Waals surface area (Å²) >= 11 is 0. The summed E-state index contributed by atoms with van der Waals surface area (Å²) < 4.78 is 27.0. The highest BCUT2D eigenvalue weighted by atomic mass is 32.2. The molecule has 0 bridgehead atoms. The Morgan fingerprint density at radius 2 is 2.25 bits per heavy atom. The van der Waals surface area contributed by atoms with Crippen LogP contribution in [0.5, 0.6) is 0 Å². The van der Waals surface area contributed by atoms with Crippen molar-refractivity contribution in [1.29, 1.82) is 0 Å². The largest absolute Gasteiger partial charge is 0.292 e. The van der Waals surface area contributed by atoms with Gasteiger partial charge in [-0.15, -0.1) is 0 Å². The summed E-state index contributed by atoms with van der Waals surface area (Å²) in [5.41, 5.74) is 1.24. The first-order valence-electron chi connectivity index (χ1n) is 7.24. The van der Waals surface area contributed by atoms with Crippen LogP contribution in [-0.4, -0.2) is 48.5 Å². The highest BCUT2D eigenvalue weighted by Gasteiger charge is 2.32. The van der Waals surface area contributed by atoms with Gasteiger partial charge in [-0.25, -0.2) is 13.1 Å². The number of nitrogens with zero attached hydrogens (tertiary/aromatic N) is 3. The minimum atomic E-state index is -3.11. The zero-order valence-corrected chi connectivity index (χ0v) is 12.6. The molecule has 112 valence electrons. The lowest BCUT2D eigenvalue weighted by Gasteiger charge is -2.42. The average Bonchev–Trinajstić information content (AvgIpc) is 2.73. The van der Waals surface area contributed by atoms with E-state index in [0.717, 1.165) is 19.5 Å². The van der Waals surface area contributed by atoms with Crippen LogP contribution in [0.1, 0.15) is 37.4 Å². The molecule has 6 nitrogen and oxygen atoms in total. The summed E-state index contributed by atoms with van der Waals surface area (Å²) in [7, 11) is -3.11. The van der Waals surface area contributed by atoms with Crippen LogP contribution >= 0.6 is 0 Å². The van der Waals surface area contributed by atoms with Crippen LogP contribution in [0.4, 0.5) is 0 Å². The minimum Gasteiger partial charge on any atom is -0.292 e. The summed E-state index contributed by atoms with van der Waals surface area (Å²) in [6.07, 6.45) is 7.75. The molecular weight excluding hydrogens is 276 g/mol. The summed E-state index contributed by atoms with van der Waals surface area (Å²) in [6, 6.07) is 3.05. The minimum absolute atomic E-state index is 0.267. The number of hydrogen-bond acceptors (Lipinski definition) is 4. The summed E-state index contributed by atoms with van der Waals surface area (Å²) in [5, 5.41) is 4.40. The van der Waals surface area contributed by atoms with Crippen molar-refractivity contribution in [2.24, 2.45) is 0 Å². The fourth-order valence-corrected chi connectivity index (χ4v) is 3.56. The summed E-state index contributed by atoms with van der Waals surface area (Å²) in [5.74, 6) is 0. The first kappa shape index (κ1) is 14.0. The van der Waals surface area contributed by atoms with Gasteiger partial charge in [-0.1, -0.05) is 6.42 Å². The monoisotopic (exact) mass is 298 g/mol. The van der Waals surface area contributed by atoms with Gasteiger partial charge in [0.1, 0.15) is 0 Å². The molecule has 1 N–H and O–H groups in total. The fourth-order valence-electron chi connectivity index (χ4n) is 3.07. The van der Waals surface area contributed by atoms with E-state index in [1.807, 2.05) is 6.20 Å². The maximum atomic E-state index is 11.2. The standard InChI is InChI=1S/C13H22N4O2S/c1-20(18,19)15-8-6-13-10-16(11-3-2-4-11)9-12-5-7-14-17(12)13/h5,7,11,13,15H,2-4,6,8-10H2,1H3/t13-/m1/s1. The predicted octanol–water partition coefficient (Wildman–Crippen LogP) is 0.732. The smallest absolute Gasteiger partial charge is 0.208 e. The van der Waals surface area contributed by atoms with E-state index in [4.69, 9.17) is 0 Å². The van der Waals surface area contributed by atoms with Crippen LogP contribution in [0.2, 0.25) is 0 Å². The molecule has 2 heterocycles. The number of nitrogens with one attached hydrogen (secondary N) is 1. The molecule has 1 aliphatic carbocycles. The van der Waals surface area contributed by atoms with E-state index in [1.165, 1.54) is 31.2 Å². The topological polar surface area (TPSA) is 67.2 Å². The highest BCUT2D eigenvalue weighted by molar-refractivity contribution is 7.88. The van der Waals surface area contributed by atoms with Crippen molar-refractivity contribution in [3.8, 4) is 0 Å². The normalized spacial score (nSPS) is 24.4. The number of fused-ring (bicyclic) bond motifs is 1. The van der Waals surface area contributed by atoms with E-state index in [2.05, 4.69) is 25.5 Å². The van der Waals surface area contributed by atoms with Crippen molar-refractivity contribution in [3.05, 3.63) is 18.0 Å². The van der Waals surface area contributed by atoms with Crippen molar-refractivity contribution in [2.45, 2.75) is 44.3 Å². The van der Waals surface area contributed by atoms with Crippen LogP contribution in [0.3, 0.4) is 0 Å². The number of sulfonamides is 1. The van der Waals surface area contributed by atoms with E-state index in [0.29, 0.717) is 12.6 Å². The van der Waals surface area contributed by atoms with Crippen molar-refractivity contribution >= 4 is 10.0 Å². The Labute approximate surface area is 120 Å². The van der Waals surface area contributed by atoms with Crippen molar-refractivity contribution < 1.29 is 8.42 Å². The molecule has 1 aromatic heterocycles. The lowest BCUT2D eigenvalue weighted by Crippen LogP contribution is -2.47. The van der Waals surface area contributed by atoms with Crippen LogP contribution in [0.15, 0.2) is 12.3 Å². The molecule has 2 aliphatic rings. The number of rotatable bonds is 5. The van der Waals surface area contributed by atoms with Gasteiger partial charge in [0.2, 0.25) is 10.0 Å².